The third-order valence-electron chi connectivity index (χ3n) is 5.86. The summed E-state index contributed by atoms with van der Waals surface area (Å²) in [5.41, 5.74) is 0. The molecule has 1 aliphatic heterocycles. The maximum absolute atomic E-state index is 12.8. The number of hydrogen-bond donors (Lipinski definition) is 1. The third kappa shape index (κ3) is 2.82. The molecule has 4 heteroatoms. The van der Waals surface area contributed by atoms with Crippen LogP contribution in [0.5, 0.6) is 0 Å². The standard InChI is InChI=1S/C17H28N2O2/c1-10(2)16-17(21)19(11(3)6-15(20)18-16)9-14-8-12-4-5-13(14)7-12/h10-14,16H,4-9H2,1-3H3,(H,18,20). The monoisotopic (exact) mass is 292 g/mol. The van der Waals surface area contributed by atoms with Crippen LogP contribution in [0.15, 0.2) is 0 Å². The number of amides is 2. The molecular weight excluding hydrogens is 264 g/mol. The Morgan fingerprint density at radius 2 is 2.00 bits per heavy atom. The SMILES string of the molecule is CC(C)C1NC(=O)CC(C)N(CC2CC3CCC2C3)C1=O. The average molecular weight is 292 g/mol. The van der Waals surface area contributed by atoms with Crippen LogP contribution >= 0.6 is 0 Å². The van der Waals surface area contributed by atoms with E-state index in [4.69, 9.17) is 0 Å². The molecule has 5 unspecified atom stereocenters. The van der Waals surface area contributed by atoms with E-state index < -0.39 is 0 Å². The Hall–Kier alpha value is -1.06. The summed E-state index contributed by atoms with van der Waals surface area (Å²) in [5.74, 6) is 2.68. The average Bonchev–Trinajstić information content (AvgIpc) is 3.00. The molecule has 0 aromatic rings. The third-order valence-corrected chi connectivity index (χ3v) is 5.86. The fourth-order valence-corrected chi connectivity index (χ4v) is 4.64. The molecule has 0 aromatic carbocycles. The number of nitrogens with one attached hydrogen (secondary N) is 1. The minimum absolute atomic E-state index is 0.0185. The molecule has 2 bridgehead atoms. The van der Waals surface area contributed by atoms with Gasteiger partial charge in [0.05, 0.1) is 0 Å². The highest BCUT2D eigenvalue weighted by atomic mass is 16.2. The second kappa shape index (κ2) is 5.62. The second-order valence-electron chi connectivity index (χ2n) is 7.77. The van der Waals surface area contributed by atoms with Gasteiger partial charge in [0.25, 0.3) is 0 Å². The molecule has 1 N–H and O–H groups in total. The summed E-state index contributed by atoms with van der Waals surface area (Å²) in [4.78, 5) is 26.8. The van der Waals surface area contributed by atoms with E-state index in [1.807, 2.05) is 25.7 Å². The summed E-state index contributed by atoms with van der Waals surface area (Å²) in [7, 11) is 0. The number of hydrogen-bond acceptors (Lipinski definition) is 2. The summed E-state index contributed by atoms with van der Waals surface area (Å²) in [5, 5.41) is 2.92. The van der Waals surface area contributed by atoms with Gasteiger partial charge in [-0.1, -0.05) is 20.3 Å². The number of nitrogens with zero attached hydrogens (tertiary/aromatic N) is 1. The van der Waals surface area contributed by atoms with Gasteiger partial charge in [0, 0.05) is 19.0 Å². The first-order chi connectivity index (χ1) is 9.95. The fraction of sp³-hybridized carbons (Fsp3) is 0.882. The van der Waals surface area contributed by atoms with Gasteiger partial charge in [-0.25, -0.2) is 0 Å². The molecule has 3 rings (SSSR count). The quantitative estimate of drug-likeness (QED) is 0.867. The zero-order chi connectivity index (χ0) is 15.1. The molecule has 2 saturated carbocycles. The number of carbonyl (C=O) groups is 2. The van der Waals surface area contributed by atoms with E-state index in [0.717, 1.165) is 18.4 Å². The molecule has 3 fully saturated rings. The van der Waals surface area contributed by atoms with Gasteiger partial charge in [0.2, 0.25) is 11.8 Å². The topological polar surface area (TPSA) is 49.4 Å². The minimum Gasteiger partial charge on any atom is -0.344 e. The van der Waals surface area contributed by atoms with Crippen molar-refractivity contribution >= 4 is 11.8 Å². The van der Waals surface area contributed by atoms with E-state index in [-0.39, 0.29) is 29.8 Å². The largest absolute Gasteiger partial charge is 0.344 e. The van der Waals surface area contributed by atoms with E-state index in [9.17, 15) is 9.59 Å². The Bertz CT molecular complexity index is 435. The number of fused-ring (bicyclic) bond motifs is 2. The van der Waals surface area contributed by atoms with Gasteiger partial charge in [0.1, 0.15) is 6.04 Å². The highest BCUT2D eigenvalue weighted by Crippen LogP contribution is 2.48. The van der Waals surface area contributed by atoms with Crippen LogP contribution in [0.25, 0.3) is 0 Å². The number of carbonyl (C=O) groups excluding carboxylic acids is 2. The molecule has 0 radical (unpaired) electrons. The first-order valence-electron chi connectivity index (χ1n) is 8.55. The van der Waals surface area contributed by atoms with E-state index in [0.29, 0.717) is 12.3 Å². The molecule has 21 heavy (non-hydrogen) atoms. The first kappa shape index (κ1) is 14.9. The smallest absolute Gasteiger partial charge is 0.245 e. The van der Waals surface area contributed by atoms with Crippen LogP contribution in [0.3, 0.4) is 0 Å². The molecule has 0 spiro atoms. The van der Waals surface area contributed by atoms with Crippen molar-refractivity contribution < 1.29 is 9.59 Å². The highest BCUT2D eigenvalue weighted by Gasteiger charge is 2.43. The molecule has 0 aromatic heterocycles. The Labute approximate surface area is 127 Å². The zero-order valence-corrected chi connectivity index (χ0v) is 13.5. The van der Waals surface area contributed by atoms with E-state index >= 15 is 0 Å². The Morgan fingerprint density at radius 1 is 1.24 bits per heavy atom. The second-order valence-corrected chi connectivity index (χ2v) is 7.77. The molecule has 4 nitrogen and oxygen atoms in total. The highest BCUT2D eigenvalue weighted by molar-refractivity contribution is 5.90. The van der Waals surface area contributed by atoms with Crippen molar-refractivity contribution in [2.45, 2.75) is 65.0 Å². The van der Waals surface area contributed by atoms with Gasteiger partial charge in [-0.05, 0) is 49.9 Å². The normalized spacial score (nSPS) is 39.8. The molecule has 1 heterocycles. The van der Waals surface area contributed by atoms with Gasteiger partial charge < -0.3 is 10.2 Å². The zero-order valence-electron chi connectivity index (χ0n) is 13.5. The lowest BCUT2D eigenvalue weighted by Gasteiger charge is -2.34. The van der Waals surface area contributed by atoms with E-state index in [2.05, 4.69) is 5.32 Å². The summed E-state index contributed by atoms with van der Waals surface area (Å²) in [6.07, 6.45) is 5.83. The summed E-state index contributed by atoms with van der Waals surface area (Å²) in [6.45, 7) is 6.90. The van der Waals surface area contributed by atoms with Gasteiger partial charge in [-0.2, -0.15) is 0 Å². The van der Waals surface area contributed by atoms with Crippen LogP contribution < -0.4 is 5.32 Å². The Kier molecular flexibility index (Phi) is 3.98. The van der Waals surface area contributed by atoms with Crippen molar-refractivity contribution in [3.8, 4) is 0 Å². The predicted molar refractivity (Wildman–Crippen MR) is 81.5 cm³/mol. The minimum atomic E-state index is -0.346. The molecule has 2 amide bonds. The van der Waals surface area contributed by atoms with Crippen molar-refractivity contribution in [2.75, 3.05) is 6.54 Å². The summed E-state index contributed by atoms with van der Waals surface area (Å²) < 4.78 is 0. The van der Waals surface area contributed by atoms with E-state index in [1.54, 1.807) is 0 Å². The lowest BCUT2D eigenvalue weighted by Crippen LogP contribution is -2.50. The van der Waals surface area contributed by atoms with Crippen molar-refractivity contribution in [2.24, 2.45) is 23.7 Å². The van der Waals surface area contributed by atoms with Gasteiger partial charge in [-0.15, -0.1) is 0 Å². The summed E-state index contributed by atoms with van der Waals surface area (Å²) in [6, 6.07) is -0.318. The number of rotatable bonds is 3. The Balaban J connectivity index is 1.74. The van der Waals surface area contributed by atoms with Crippen LogP contribution in [-0.4, -0.2) is 35.3 Å². The summed E-state index contributed by atoms with van der Waals surface area (Å²) >= 11 is 0. The van der Waals surface area contributed by atoms with Gasteiger partial charge >= 0.3 is 0 Å². The van der Waals surface area contributed by atoms with Crippen molar-refractivity contribution in [3.05, 3.63) is 0 Å². The predicted octanol–water partition coefficient (Wildman–Crippen LogP) is 2.18. The van der Waals surface area contributed by atoms with Crippen molar-refractivity contribution in [3.63, 3.8) is 0 Å². The van der Waals surface area contributed by atoms with E-state index in [1.165, 1.54) is 25.7 Å². The van der Waals surface area contributed by atoms with Crippen molar-refractivity contribution in [1.82, 2.24) is 10.2 Å². The lowest BCUT2D eigenvalue weighted by molar-refractivity contribution is -0.137. The lowest BCUT2D eigenvalue weighted by atomic mass is 9.88. The molecule has 1 saturated heterocycles. The maximum Gasteiger partial charge on any atom is 0.245 e. The molecule has 118 valence electrons. The maximum atomic E-state index is 12.8. The first-order valence-corrected chi connectivity index (χ1v) is 8.55. The van der Waals surface area contributed by atoms with Crippen LogP contribution in [0, 0.1) is 23.7 Å². The van der Waals surface area contributed by atoms with Crippen molar-refractivity contribution in [1.29, 1.82) is 0 Å². The van der Waals surface area contributed by atoms with Crippen LogP contribution in [0.4, 0.5) is 0 Å². The molecular formula is C17H28N2O2. The Morgan fingerprint density at radius 3 is 2.57 bits per heavy atom. The van der Waals surface area contributed by atoms with Gasteiger partial charge in [0.15, 0.2) is 0 Å². The molecule has 5 atom stereocenters. The fourth-order valence-electron chi connectivity index (χ4n) is 4.64. The van der Waals surface area contributed by atoms with Gasteiger partial charge in [-0.3, -0.25) is 9.59 Å². The van der Waals surface area contributed by atoms with Crippen LogP contribution in [0.1, 0.15) is 52.9 Å². The molecule has 2 aliphatic carbocycles. The molecule has 3 aliphatic rings. The van der Waals surface area contributed by atoms with Crippen LogP contribution in [-0.2, 0) is 9.59 Å². The van der Waals surface area contributed by atoms with Crippen LogP contribution in [0.2, 0.25) is 0 Å².